The first-order valence-electron chi connectivity index (χ1n) is 10.4. The van der Waals surface area contributed by atoms with Crippen LogP contribution < -0.4 is 15.1 Å². The van der Waals surface area contributed by atoms with Crippen molar-refractivity contribution in [3.63, 3.8) is 0 Å². The molecule has 0 spiro atoms. The predicted molar refractivity (Wildman–Crippen MR) is 112 cm³/mol. The molecule has 3 heterocycles. The number of rotatable bonds is 6. The Balaban J connectivity index is 1.27. The maximum Gasteiger partial charge on any atom is 0.260 e. The summed E-state index contributed by atoms with van der Waals surface area (Å²) in [5.74, 6) is 0.148. The molecule has 0 bridgehead atoms. The van der Waals surface area contributed by atoms with Crippen LogP contribution in [0.15, 0.2) is 45.8 Å². The maximum absolute atomic E-state index is 14.0. The Morgan fingerprint density at radius 1 is 1.06 bits per heavy atom. The zero-order chi connectivity index (χ0) is 21.6. The van der Waals surface area contributed by atoms with Gasteiger partial charge in [0.05, 0.1) is 25.4 Å². The van der Waals surface area contributed by atoms with Crippen LogP contribution in [0.1, 0.15) is 5.76 Å². The quantitative estimate of drug-likeness (QED) is 0.683. The number of carbonyl (C=O) groups excluding carboxylic acids is 1. The third-order valence-corrected chi connectivity index (χ3v) is 5.51. The molecule has 4 rings (SSSR count). The van der Waals surface area contributed by atoms with Crippen molar-refractivity contribution in [2.24, 2.45) is 0 Å². The molecule has 9 heteroatoms. The molecular formula is C22H26FN3O5. The summed E-state index contributed by atoms with van der Waals surface area (Å²) in [4.78, 5) is 30.3. The van der Waals surface area contributed by atoms with Crippen LogP contribution in [0.2, 0.25) is 0 Å². The van der Waals surface area contributed by atoms with Crippen molar-refractivity contribution in [1.29, 1.82) is 0 Å². The summed E-state index contributed by atoms with van der Waals surface area (Å²) in [6.07, 6.45) is 1.26. The van der Waals surface area contributed by atoms with Crippen LogP contribution in [0.25, 0.3) is 0 Å². The van der Waals surface area contributed by atoms with Crippen LogP contribution in [0.5, 0.6) is 5.75 Å². The monoisotopic (exact) mass is 431 g/mol. The number of para-hydroxylation sites is 1. The number of anilines is 1. The molecule has 0 aliphatic carbocycles. The van der Waals surface area contributed by atoms with Gasteiger partial charge in [-0.3, -0.25) is 14.5 Å². The average Bonchev–Trinajstić information content (AvgIpc) is 2.80. The number of amides is 1. The number of hydrogen-bond acceptors (Lipinski definition) is 7. The van der Waals surface area contributed by atoms with Gasteiger partial charge < -0.3 is 23.7 Å². The fourth-order valence-electron chi connectivity index (χ4n) is 3.75. The van der Waals surface area contributed by atoms with Crippen molar-refractivity contribution >= 4 is 11.6 Å². The molecule has 2 aliphatic rings. The predicted octanol–water partition coefficient (Wildman–Crippen LogP) is 1.34. The molecule has 2 saturated heterocycles. The van der Waals surface area contributed by atoms with E-state index in [9.17, 15) is 14.0 Å². The molecule has 166 valence electrons. The largest absolute Gasteiger partial charge is 0.477 e. The Morgan fingerprint density at radius 2 is 1.81 bits per heavy atom. The van der Waals surface area contributed by atoms with E-state index in [4.69, 9.17) is 13.9 Å². The van der Waals surface area contributed by atoms with Crippen LogP contribution in [0.4, 0.5) is 10.1 Å². The highest BCUT2D eigenvalue weighted by atomic mass is 19.1. The first-order valence-corrected chi connectivity index (χ1v) is 10.4. The second kappa shape index (κ2) is 9.93. The molecule has 0 unspecified atom stereocenters. The van der Waals surface area contributed by atoms with Gasteiger partial charge in [-0.05, 0) is 12.1 Å². The molecular weight excluding hydrogens is 405 g/mol. The Labute approximate surface area is 179 Å². The van der Waals surface area contributed by atoms with Gasteiger partial charge in [0.25, 0.3) is 5.91 Å². The first kappa shape index (κ1) is 21.3. The second-order valence-corrected chi connectivity index (χ2v) is 7.57. The summed E-state index contributed by atoms with van der Waals surface area (Å²) in [6.45, 7) is 5.18. The fourth-order valence-corrected chi connectivity index (χ4v) is 3.75. The Kier molecular flexibility index (Phi) is 6.83. The molecule has 8 nitrogen and oxygen atoms in total. The molecule has 0 radical (unpaired) electrons. The molecule has 2 fully saturated rings. The standard InChI is InChI=1S/C22H26FN3O5/c23-18-3-1-2-4-19(18)25-7-5-24(6-8-25)14-17-13-20(27)21(15-30-17)31-16-22(28)26-9-11-29-12-10-26/h1-4,13,15H,5-12,14,16H2. The lowest BCUT2D eigenvalue weighted by Gasteiger charge is -2.35. The molecule has 0 atom stereocenters. The van der Waals surface area contributed by atoms with E-state index >= 15 is 0 Å². The number of benzene rings is 1. The van der Waals surface area contributed by atoms with Gasteiger partial charge >= 0.3 is 0 Å². The van der Waals surface area contributed by atoms with E-state index in [0.29, 0.717) is 57.4 Å². The minimum atomic E-state index is -0.318. The van der Waals surface area contributed by atoms with Crippen LogP contribution in [0.3, 0.4) is 0 Å². The zero-order valence-corrected chi connectivity index (χ0v) is 17.3. The normalized spacial score (nSPS) is 17.6. The molecule has 31 heavy (non-hydrogen) atoms. The molecule has 1 aromatic carbocycles. The maximum atomic E-state index is 14.0. The van der Waals surface area contributed by atoms with Gasteiger partial charge in [-0.25, -0.2) is 4.39 Å². The summed E-state index contributed by atoms with van der Waals surface area (Å²) in [5, 5.41) is 0. The topological polar surface area (TPSA) is 75.5 Å². The SMILES string of the molecule is O=C(COc1coc(CN2CCN(c3ccccc3F)CC2)cc1=O)N1CCOCC1. The second-order valence-electron chi connectivity index (χ2n) is 7.57. The van der Waals surface area contributed by atoms with E-state index in [2.05, 4.69) is 4.90 Å². The van der Waals surface area contributed by atoms with Crippen molar-refractivity contribution in [1.82, 2.24) is 9.80 Å². The van der Waals surface area contributed by atoms with Gasteiger partial charge in [0, 0.05) is 45.3 Å². The summed E-state index contributed by atoms with van der Waals surface area (Å²) >= 11 is 0. The Morgan fingerprint density at radius 3 is 2.52 bits per heavy atom. The molecule has 0 saturated carbocycles. The minimum Gasteiger partial charge on any atom is -0.477 e. The number of piperazine rings is 1. The van der Waals surface area contributed by atoms with Crippen LogP contribution in [-0.4, -0.2) is 74.8 Å². The summed E-state index contributed by atoms with van der Waals surface area (Å²) in [5.41, 5.74) is 0.294. The van der Waals surface area contributed by atoms with Gasteiger partial charge in [0.2, 0.25) is 11.2 Å². The van der Waals surface area contributed by atoms with E-state index in [1.807, 2.05) is 11.0 Å². The zero-order valence-electron chi connectivity index (χ0n) is 17.3. The number of morpholine rings is 1. The van der Waals surface area contributed by atoms with E-state index in [-0.39, 0.29) is 29.5 Å². The van der Waals surface area contributed by atoms with Crippen molar-refractivity contribution in [2.45, 2.75) is 6.54 Å². The van der Waals surface area contributed by atoms with E-state index in [0.717, 1.165) is 13.1 Å². The Bertz CT molecular complexity index is 952. The molecule has 1 aromatic heterocycles. The van der Waals surface area contributed by atoms with Gasteiger partial charge in [-0.15, -0.1) is 0 Å². The van der Waals surface area contributed by atoms with Crippen molar-refractivity contribution in [3.05, 3.63) is 58.4 Å². The lowest BCUT2D eigenvalue weighted by molar-refractivity contribution is -0.137. The lowest BCUT2D eigenvalue weighted by Crippen LogP contribution is -2.46. The number of ether oxygens (including phenoxy) is 2. The summed E-state index contributed by atoms with van der Waals surface area (Å²) in [7, 11) is 0. The molecule has 2 aliphatic heterocycles. The van der Waals surface area contributed by atoms with E-state index in [1.54, 1.807) is 17.0 Å². The van der Waals surface area contributed by atoms with Crippen molar-refractivity contribution in [3.8, 4) is 5.75 Å². The van der Waals surface area contributed by atoms with E-state index in [1.165, 1.54) is 18.4 Å². The fraction of sp³-hybridized carbons (Fsp3) is 0.455. The van der Waals surface area contributed by atoms with Gasteiger partial charge in [-0.2, -0.15) is 0 Å². The highest BCUT2D eigenvalue weighted by molar-refractivity contribution is 5.77. The van der Waals surface area contributed by atoms with Crippen molar-refractivity contribution < 1.29 is 23.1 Å². The number of hydrogen-bond donors (Lipinski definition) is 0. The summed E-state index contributed by atoms with van der Waals surface area (Å²) < 4.78 is 30.1. The van der Waals surface area contributed by atoms with Gasteiger partial charge in [0.1, 0.15) is 17.8 Å². The lowest BCUT2D eigenvalue weighted by atomic mass is 10.2. The van der Waals surface area contributed by atoms with Crippen LogP contribution in [-0.2, 0) is 16.1 Å². The third kappa shape index (κ3) is 5.42. The van der Waals surface area contributed by atoms with Crippen LogP contribution >= 0.6 is 0 Å². The Hall–Kier alpha value is -2.91. The van der Waals surface area contributed by atoms with E-state index < -0.39 is 0 Å². The molecule has 0 N–H and O–H groups in total. The first-order chi connectivity index (χ1) is 15.1. The smallest absolute Gasteiger partial charge is 0.260 e. The highest BCUT2D eigenvalue weighted by Gasteiger charge is 2.21. The highest BCUT2D eigenvalue weighted by Crippen LogP contribution is 2.20. The summed E-state index contributed by atoms with van der Waals surface area (Å²) in [6, 6.07) is 8.17. The molecule has 1 amide bonds. The minimum absolute atomic E-state index is 0.0229. The number of carbonyl (C=O) groups is 1. The number of nitrogens with zero attached hydrogens (tertiary/aromatic N) is 3. The molecule has 2 aromatic rings. The van der Waals surface area contributed by atoms with Crippen molar-refractivity contribution in [2.75, 3.05) is 64.0 Å². The average molecular weight is 431 g/mol. The van der Waals surface area contributed by atoms with Crippen LogP contribution in [0, 0.1) is 5.82 Å². The van der Waals surface area contributed by atoms with Gasteiger partial charge in [0.15, 0.2) is 6.61 Å². The number of halogens is 1. The third-order valence-electron chi connectivity index (χ3n) is 5.51. The van der Waals surface area contributed by atoms with Gasteiger partial charge in [-0.1, -0.05) is 12.1 Å².